The highest BCUT2D eigenvalue weighted by Gasteiger charge is 2.28. The highest BCUT2D eigenvalue weighted by molar-refractivity contribution is 5.85. The van der Waals surface area contributed by atoms with Crippen LogP contribution >= 0.6 is 0 Å². The predicted octanol–water partition coefficient (Wildman–Crippen LogP) is 3.50. The zero-order valence-electron chi connectivity index (χ0n) is 15.7. The molecule has 0 fully saturated rings. The fourth-order valence-corrected chi connectivity index (χ4v) is 2.52. The number of carbonyl (C=O) groups excluding carboxylic acids is 2. The Morgan fingerprint density at radius 2 is 1.85 bits per heavy atom. The van der Waals surface area contributed by atoms with Gasteiger partial charge in [0.05, 0.1) is 6.54 Å². The molecule has 6 nitrogen and oxygen atoms in total. The van der Waals surface area contributed by atoms with E-state index in [1.165, 1.54) is 0 Å². The summed E-state index contributed by atoms with van der Waals surface area (Å²) in [6.45, 7) is 6.12. The minimum absolute atomic E-state index is 0.0763. The van der Waals surface area contributed by atoms with Gasteiger partial charge in [0.1, 0.15) is 24.2 Å². The Kier molecular flexibility index (Phi) is 6.83. The zero-order valence-corrected chi connectivity index (χ0v) is 15.7. The molecule has 1 aromatic carbocycles. The van der Waals surface area contributed by atoms with E-state index >= 15 is 0 Å². The second-order valence-electron chi connectivity index (χ2n) is 6.63. The molecule has 0 saturated heterocycles. The molecule has 0 radical (unpaired) electrons. The van der Waals surface area contributed by atoms with Crippen molar-refractivity contribution in [2.75, 3.05) is 7.05 Å². The molecular formula is C20H26N2O4. The lowest BCUT2D eigenvalue weighted by atomic mass is 10.0. The Labute approximate surface area is 154 Å². The molecule has 1 aromatic heterocycles. The third-order valence-corrected chi connectivity index (χ3v) is 3.98. The normalized spacial score (nSPS) is 11.9. The van der Waals surface area contributed by atoms with Crippen LogP contribution in [-0.4, -0.2) is 30.0 Å². The van der Waals surface area contributed by atoms with Crippen molar-refractivity contribution in [3.05, 3.63) is 59.5 Å². The van der Waals surface area contributed by atoms with Crippen molar-refractivity contribution in [2.24, 2.45) is 5.92 Å². The summed E-state index contributed by atoms with van der Waals surface area (Å²) in [5.41, 5.74) is 0.889. The number of amides is 2. The van der Waals surface area contributed by atoms with Gasteiger partial charge < -0.3 is 19.4 Å². The van der Waals surface area contributed by atoms with Crippen molar-refractivity contribution in [3.63, 3.8) is 0 Å². The minimum atomic E-state index is -0.667. The number of nitrogens with one attached hydrogen (secondary N) is 1. The van der Waals surface area contributed by atoms with Gasteiger partial charge in [-0.15, -0.1) is 0 Å². The van der Waals surface area contributed by atoms with Crippen molar-refractivity contribution in [3.8, 4) is 0 Å². The van der Waals surface area contributed by atoms with Gasteiger partial charge in [-0.25, -0.2) is 4.79 Å². The fraction of sp³-hybridized carbons (Fsp3) is 0.400. The van der Waals surface area contributed by atoms with E-state index in [0.717, 1.165) is 11.3 Å². The van der Waals surface area contributed by atoms with Crippen LogP contribution in [0.3, 0.4) is 0 Å². The maximum Gasteiger partial charge on any atom is 0.408 e. The quantitative estimate of drug-likeness (QED) is 0.822. The monoisotopic (exact) mass is 358 g/mol. The molecule has 1 unspecified atom stereocenters. The topological polar surface area (TPSA) is 71.8 Å². The Bertz CT molecular complexity index is 724. The van der Waals surface area contributed by atoms with E-state index in [9.17, 15) is 9.59 Å². The summed E-state index contributed by atoms with van der Waals surface area (Å²) >= 11 is 0. The van der Waals surface area contributed by atoms with Gasteiger partial charge in [-0.1, -0.05) is 44.2 Å². The van der Waals surface area contributed by atoms with Gasteiger partial charge in [0.15, 0.2) is 0 Å². The highest BCUT2D eigenvalue weighted by atomic mass is 16.5. The first-order valence-electron chi connectivity index (χ1n) is 8.64. The minimum Gasteiger partial charge on any atom is -0.464 e. The smallest absolute Gasteiger partial charge is 0.408 e. The number of alkyl carbamates (subject to hydrolysis) is 1. The first-order chi connectivity index (χ1) is 12.4. The third-order valence-electron chi connectivity index (χ3n) is 3.98. The van der Waals surface area contributed by atoms with Crippen molar-refractivity contribution in [1.29, 1.82) is 0 Å². The number of benzene rings is 1. The average molecular weight is 358 g/mol. The van der Waals surface area contributed by atoms with E-state index in [2.05, 4.69) is 5.32 Å². The van der Waals surface area contributed by atoms with Crippen LogP contribution in [-0.2, 0) is 22.7 Å². The van der Waals surface area contributed by atoms with Crippen LogP contribution in [0.25, 0.3) is 0 Å². The molecule has 0 saturated carbocycles. The number of ether oxygens (including phenoxy) is 1. The maximum atomic E-state index is 12.7. The maximum absolute atomic E-state index is 12.7. The third kappa shape index (κ3) is 5.65. The lowest BCUT2D eigenvalue weighted by Gasteiger charge is -2.26. The van der Waals surface area contributed by atoms with Crippen molar-refractivity contribution < 1.29 is 18.7 Å². The Morgan fingerprint density at radius 1 is 1.15 bits per heavy atom. The molecule has 1 atom stereocenters. The van der Waals surface area contributed by atoms with Crippen LogP contribution in [0.15, 0.2) is 46.9 Å². The van der Waals surface area contributed by atoms with E-state index in [-0.39, 0.29) is 18.4 Å². The summed E-state index contributed by atoms with van der Waals surface area (Å²) in [7, 11) is 1.69. The van der Waals surface area contributed by atoms with Gasteiger partial charge >= 0.3 is 6.09 Å². The number of carbonyl (C=O) groups is 2. The molecular weight excluding hydrogens is 332 g/mol. The molecule has 0 aliphatic heterocycles. The molecule has 2 aromatic rings. The lowest BCUT2D eigenvalue weighted by Crippen LogP contribution is -2.50. The molecule has 140 valence electrons. The summed E-state index contributed by atoms with van der Waals surface area (Å²) in [5.74, 6) is 1.23. The Morgan fingerprint density at radius 3 is 2.42 bits per heavy atom. The average Bonchev–Trinajstić information content (AvgIpc) is 3.02. The van der Waals surface area contributed by atoms with Gasteiger partial charge in [0, 0.05) is 7.05 Å². The van der Waals surface area contributed by atoms with Crippen LogP contribution in [0, 0.1) is 12.8 Å². The largest absolute Gasteiger partial charge is 0.464 e. The highest BCUT2D eigenvalue weighted by Crippen LogP contribution is 2.12. The van der Waals surface area contributed by atoms with Crippen LogP contribution in [0.1, 0.15) is 30.9 Å². The van der Waals surface area contributed by atoms with Crippen molar-refractivity contribution in [1.82, 2.24) is 10.2 Å². The number of hydrogen-bond acceptors (Lipinski definition) is 4. The molecule has 2 rings (SSSR count). The molecule has 1 N–H and O–H groups in total. The van der Waals surface area contributed by atoms with Crippen LogP contribution in [0.4, 0.5) is 4.79 Å². The standard InChI is InChI=1S/C20H26N2O4/c1-14(2)18(19(23)22(4)12-17-11-10-15(3)26-17)21-20(24)25-13-16-8-6-5-7-9-16/h5-11,14,18H,12-13H2,1-4H3,(H,21,24). The summed E-state index contributed by atoms with van der Waals surface area (Å²) in [4.78, 5) is 26.4. The molecule has 1 heterocycles. The SMILES string of the molecule is Cc1ccc(CN(C)C(=O)C(NC(=O)OCc2ccccc2)C(C)C)o1. The molecule has 0 aliphatic rings. The number of hydrogen-bond donors (Lipinski definition) is 1. The summed E-state index contributed by atoms with van der Waals surface area (Å²) < 4.78 is 10.7. The van der Waals surface area contributed by atoms with Gasteiger partial charge in [0.2, 0.25) is 5.91 Å². The van der Waals surface area contributed by atoms with Gasteiger partial charge in [0.25, 0.3) is 0 Å². The fourth-order valence-electron chi connectivity index (χ4n) is 2.52. The van der Waals surface area contributed by atoms with Gasteiger partial charge in [-0.2, -0.15) is 0 Å². The van der Waals surface area contributed by atoms with Gasteiger partial charge in [-0.05, 0) is 30.5 Å². The molecule has 2 amide bonds. The van der Waals surface area contributed by atoms with Crippen molar-refractivity contribution in [2.45, 2.75) is 40.0 Å². The van der Waals surface area contributed by atoms with E-state index in [4.69, 9.17) is 9.15 Å². The van der Waals surface area contributed by atoms with Crippen LogP contribution < -0.4 is 5.32 Å². The lowest BCUT2D eigenvalue weighted by molar-refractivity contribution is -0.133. The molecule has 26 heavy (non-hydrogen) atoms. The number of likely N-dealkylation sites (N-methyl/N-ethyl adjacent to an activating group) is 1. The summed E-state index contributed by atoms with van der Waals surface area (Å²) in [6.07, 6.45) is -0.608. The predicted molar refractivity (Wildman–Crippen MR) is 98.3 cm³/mol. The second kappa shape index (κ2) is 9.08. The van der Waals surface area contributed by atoms with E-state index in [0.29, 0.717) is 12.3 Å². The summed E-state index contributed by atoms with van der Waals surface area (Å²) in [5, 5.41) is 2.68. The molecule has 6 heteroatoms. The number of rotatable bonds is 7. The molecule has 0 spiro atoms. The second-order valence-corrected chi connectivity index (χ2v) is 6.63. The van der Waals surface area contributed by atoms with Crippen molar-refractivity contribution >= 4 is 12.0 Å². The van der Waals surface area contributed by atoms with Crippen LogP contribution in [0.5, 0.6) is 0 Å². The van der Waals surface area contributed by atoms with E-state index in [1.807, 2.05) is 63.2 Å². The summed E-state index contributed by atoms with van der Waals surface area (Å²) in [6, 6.07) is 12.4. The molecule has 0 bridgehead atoms. The van der Waals surface area contributed by atoms with E-state index in [1.54, 1.807) is 11.9 Å². The first kappa shape index (κ1) is 19.6. The van der Waals surface area contributed by atoms with Gasteiger partial charge in [-0.3, -0.25) is 4.79 Å². The van der Waals surface area contributed by atoms with E-state index < -0.39 is 12.1 Å². The number of aryl methyl sites for hydroxylation is 1. The number of nitrogens with zero attached hydrogens (tertiary/aromatic N) is 1. The van der Waals surface area contributed by atoms with Crippen LogP contribution in [0.2, 0.25) is 0 Å². The Hall–Kier alpha value is -2.76. The number of furan rings is 1. The molecule has 0 aliphatic carbocycles. The zero-order chi connectivity index (χ0) is 19.1. The first-order valence-corrected chi connectivity index (χ1v) is 8.64. The Balaban J connectivity index is 1.91.